The summed E-state index contributed by atoms with van der Waals surface area (Å²) in [6.45, 7) is 2.16. The Labute approximate surface area is 131 Å². The lowest BCUT2D eigenvalue weighted by Crippen LogP contribution is -1.92. The van der Waals surface area contributed by atoms with Gasteiger partial charge in [-0.1, -0.05) is 25.5 Å². The van der Waals surface area contributed by atoms with E-state index in [1.807, 2.05) is 12.1 Å². The largest absolute Gasteiger partial charge is 0.504 e. The third kappa shape index (κ3) is 3.79. The normalized spacial score (nSPS) is 10.9. The van der Waals surface area contributed by atoms with E-state index in [-0.39, 0.29) is 5.75 Å². The fourth-order valence-electron chi connectivity index (χ4n) is 2.16. The van der Waals surface area contributed by atoms with Crippen LogP contribution in [0.15, 0.2) is 41.4 Å². The van der Waals surface area contributed by atoms with Gasteiger partial charge in [-0.25, -0.2) is 0 Å². The number of aliphatic imine (C=N–C) groups is 1. The van der Waals surface area contributed by atoms with E-state index in [1.165, 1.54) is 12.7 Å². The Morgan fingerprint density at radius 2 is 1.82 bits per heavy atom. The molecule has 0 aliphatic rings. The first-order valence-corrected chi connectivity index (χ1v) is 7.26. The number of hydrogen-bond acceptors (Lipinski definition) is 4. The summed E-state index contributed by atoms with van der Waals surface area (Å²) in [6.07, 6.45) is 3.80. The quantitative estimate of drug-likeness (QED) is 0.817. The topological polar surface area (TPSA) is 51.0 Å². The van der Waals surface area contributed by atoms with Gasteiger partial charge in [-0.15, -0.1) is 0 Å². The second-order valence-electron chi connectivity index (χ2n) is 4.94. The third-order valence-electron chi connectivity index (χ3n) is 3.36. The van der Waals surface area contributed by atoms with Crippen LogP contribution >= 0.6 is 0 Å². The number of benzene rings is 2. The van der Waals surface area contributed by atoms with Gasteiger partial charge in [0, 0.05) is 17.8 Å². The van der Waals surface area contributed by atoms with Crippen LogP contribution in [0.25, 0.3) is 0 Å². The van der Waals surface area contributed by atoms with Gasteiger partial charge in [0.05, 0.1) is 19.9 Å². The molecule has 2 aromatic rings. The number of aromatic hydroxyl groups is 1. The van der Waals surface area contributed by atoms with E-state index >= 15 is 0 Å². The van der Waals surface area contributed by atoms with Gasteiger partial charge in [-0.3, -0.25) is 4.99 Å². The highest BCUT2D eigenvalue weighted by molar-refractivity contribution is 5.87. The predicted octanol–water partition coefficient (Wildman–Crippen LogP) is 4.11. The molecule has 116 valence electrons. The minimum absolute atomic E-state index is 0.0506. The highest BCUT2D eigenvalue weighted by atomic mass is 16.5. The highest BCUT2D eigenvalue weighted by Crippen LogP contribution is 2.33. The molecule has 0 fully saturated rings. The van der Waals surface area contributed by atoms with E-state index < -0.39 is 0 Å². The summed E-state index contributed by atoms with van der Waals surface area (Å²) in [6, 6.07) is 11.4. The van der Waals surface area contributed by atoms with E-state index in [0.717, 1.165) is 18.5 Å². The number of hydrogen-bond donors (Lipinski definition) is 1. The van der Waals surface area contributed by atoms with Crippen LogP contribution in [0.5, 0.6) is 17.2 Å². The molecule has 0 heterocycles. The highest BCUT2D eigenvalue weighted by Gasteiger charge is 2.09. The van der Waals surface area contributed by atoms with Crippen molar-refractivity contribution in [3.05, 3.63) is 47.5 Å². The fraction of sp³-hybridized carbons (Fsp3) is 0.278. The summed E-state index contributed by atoms with van der Waals surface area (Å²) in [4.78, 5) is 4.39. The third-order valence-corrected chi connectivity index (χ3v) is 3.36. The molecular formula is C18H21NO3. The van der Waals surface area contributed by atoms with E-state index in [1.54, 1.807) is 25.5 Å². The molecule has 0 aromatic heterocycles. The number of phenolic OH excluding ortho intramolecular Hbond substituents is 1. The molecule has 0 spiro atoms. The van der Waals surface area contributed by atoms with Crippen molar-refractivity contribution in [3.8, 4) is 17.2 Å². The Morgan fingerprint density at radius 3 is 2.41 bits per heavy atom. The maximum absolute atomic E-state index is 10.1. The van der Waals surface area contributed by atoms with Crippen molar-refractivity contribution in [2.75, 3.05) is 14.2 Å². The molecule has 4 heteroatoms. The van der Waals surface area contributed by atoms with Gasteiger partial charge in [0.1, 0.15) is 5.75 Å². The number of phenols is 1. The first-order valence-electron chi connectivity index (χ1n) is 7.26. The van der Waals surface area contributed by atoms with Crippen LogP contribution < -0.4 is 9.47 Å². The van der Waals surface area contributed by atoms with Crippen molar-refractivity contribution in [1.82, 2.24) is 0 Å². The Kier molecular flexibility index (Phi) is 5.42. The Balaban J connectivity index is 2.25. The second-order valence-corrected chi connectivity index (χ2v) is 4.94. The molecule has 0 atom stereocenters. The molecule has 0 amide bonds. The summed E-state index contributed by atoms with van der Waals surface area (Å²) >= 11 is 0. The van der Waals surface area contributed by atoms with Crippen molar-refractivity contribution < 1.29 is 14.6 Å². The first-order chi connectivity index (χ1) is 10.7. The predicted molar refractivity (Wildman–Crippen MR) is 88.9 cm³/mol. The van der Waals surface area contributed by atoms with Crippen LogP contribution in [0.1, 0.15) is 24.5 Å². The van der Waals surface area contributed by atoms with Gasteiger partial charge in [-0.05, 0) is 30.2 Å². The van der Waals surface area contributed by atoms with Gasteiger partial charge in [0.25, 0.3) is 0 Å². The molecule has 0 saturated carbocycles. The van der Waals surface area contributed by atoms with Crippen molar-refractivity contribution in [3.63, 3.8) is 0 Å². The van der Waals surface area contributed by atoms with Crippen molar-refractivity contribution in [2.24, 2.45) is 4.99 Å². The zero-order chi connectivity index (χ0) is 15.9. The molecule has 0 unspecified atom stereocenters. The zero-order valence-electron chi connectivity index (χ0n) is 13.2. The lowest BCUT2D eigenvalue weighted by Gasteiger charge is -2.09. The molecule has 22 heavy (non-hydrogen) atoms. The van der Waals surface area contributed by atoms with Crippen molar-refractivity contribution in [2.45, 2.75) is 19.8 Å². The van der Waals surface area contributed by atoms with Crippen LogP contribution in [0.3, 0.4) is 0 Å². The summed E-state index contributed by atoms with van der Waals surface area (Å²) < 4.78 is 10.3. The molecule has 4 nitrogen and oxygen atoms in total. The molecule has 2 rings (SSSR count). The smallest absolute Gasteiger partial charge is 0.166 e. The van der Waals surface area contributed by atoms with Crippen molar-refractivity contribution in [1.29, 1.82) is 0 Å². The fourth-order valence-corrected chi connectivity index (χ4v) is 2.16. The van der Waals surface area contributed by atoms with Gasteiger partial charge >= 0.3 is 0 Å². The van der Waals surface area contributed by atoms with Crippen LogP contribution in [0.4, 0.5) is 5.69 Å². The van der Waals surface area contributed by atoms with Gasteiger partial charge in [0.2, 0.25) is 0 Å². The Morgan fingerprint density at radius 1 is 1.09 bits per heavy atom. The lowest BCUT2D eigenvalue weighted by molar-refractivity contribution is 0.364. The minimum Gasteiger partial charge on any atom is -0.504 e. The van der Waals surface area contributed by atoms with Crippen LogP contribution in [0.2, 0.25) is 0 Å². The molecule has 1 N–H and O–H groups in total. The average Bonchev–Trinajstić information content (AvgIpc) is 2.55. The Hall–Kier alpha value is -2.49. The van der Waals surface area contributed by atoms with Gasteiger partial charge in [0.15, 0.2) is 11.5 Å². The summed E-state index contributed by atoms with van der Waals surface area (Å²) in [5.74, 6) is 1.02. The second kappa shape index (κ2) is 7.50. The van der Waals surface area contributed by atoms with Crippen LogP contribution in [-0.2, 0) is 6.42 Å². The number of aryl methyl sites for hydroxylation is 1. The maximum Gasteiger partial charge on any atom is 0.166 e. The first kappa shape index (κ1) is 15.9. The molecule has 0 bridgehead atoms. The minimum atomic E-state index is 0.0506. The maximum atomic E-state index is 10.1. The average molecular weight is 299 g/mol. The molecular weight excluding hydrogens is 278 g/mol. The molecule has 2 aromatic carbocycles. The Bertz CT molecular complexity index is 648. The lowest BCUT2D eigenvalue weighted by atomic mass is 10.1. The molecule has 0 aliphatic heterocycles. The standard InChI is InChI=1S/C18H21NO3/c1-4-5-13-6-8-15(9-7-13)19-12-14-10-16(21-2)11-17(22-3)18(14)20/h6-12,20H,4-5H2,1-3H3. The van der Waals surface area contributed by atoms with Crippen LogP contribution in [-0.4, -0.2) is 25.5 Å². The summed E-state index contributed by atoms with van der Waals surface area (Å²) in [5, 5.41) is 10.1. The molecule has 0 saturated heterocycles. The summed E-state index contributed by atoms with van der Waals surface area (Å²) in [7, 11) is 3.07. The van der Waals surface area contributed by atoms with Crippen molar-refractivity contribution >= 4 is 11.9 Å². The number of methoxy groups -OCH3 is 2. The number of ether oxygens (including phenoxy) is 2. The number of rotatable bonds is 6. The summed E-state index contributed by atoms with van der Waals surface area (Å²) in [5.41, 5.74) is 2.68. The van der Waals surface area contributed by atoms with E-state index in [0.29, 0.717) is 17.1 Å². The van der Waals surface area contributed by atoms with Gasteiger partial charge < -0.3 is 14.6 Å². The van der Waals surface area contributed by atoms with E-state index in [9.17, 15) is 5.11 Å². The monoisotopic (exact) mass is 299 g/mol. The number of nitrogens with zero attached hydrogens (tertiary/aromatic N) is 1. The zero-order valence-corrected chi connectivity index (χ0v) is 13.2. The SMILES string of the molecule is CCCc1ccc(N=Cc2cc(OC)cc(OC)c2O)cc1. The molecule has 0 aliphatic carbocycles. The molecule has 0 radical (unpaired) electrons. The van der Waals surface area contributed by atoms with E-state index in [2.05, 4.69) is 24.0 Å². The van der Waals surface area contributed by atoms with Crippen LogP contribution in [0, 0.1) is 0 Å². The van der Waals surface area contributed by atoms with Gasteiger partial charge in [-0.2, -0.15) is 0 Å². The van der Waals surface area contributed by atoms with E-state index in [4.69, 9.17) is 9.47 Å².